The SMILES string of the molecule is CCCC(COC(=O)C(C)c1ccc(CC(C)C)cc1)N(CC)CC. The van der Waals surface area contributed by atoms with Crippen molar-refractivity contribution < 1.29 is 9.53 Å². The van der Waals surface area contributed by atoms with Gasteiger partial charge in [0.15, 0.2) is 0 Å². The van der Waals surface area contributed by atoms with Gasteiger partial charge in [-0.3, -0.25) is 9.69 Å². The monoisotopic (exact) mass is 347 g/mol. The van der Waals surface area contributed by atoms with Crippen molar-refractivity contribution in [2.45, 2.75) is 72.8 Å². The lowest BCUT2D eigenvalue weighted by atomic mass is 9.97. The van der Waals surface area contributed by atoms with E-state index >= 15 is 0 Å². The summed E-state index contributed by atoms with van der Waals surface area (Å²) in [5.74, 6) is 0.306. The number of hydrogen-bond donors (Lipinski definition) is 0. The van der Waals surface area contributed by atoms with Gasteiger partial charge in [-0.2, -0.15) is 0 Å². The molecule has 0 heterocycles. The Morgan fingerprint density at radius 1 is 1.04 bits per heavy atom. The van der Waals surface area contributed by atoms with Crippen LogP contribution in [0.1, 0.15) is 71.4 Å². The Kier molecular flexibility index (Phi) is 9.81. The molecule has 0 fully saturated rings. The molecule has 0 spiro atoms. The molecule has 2 unspecified atom stereocenters. The van der Waals surface area contributed by atoms with Gasteiger partial charge in [0, 0.05) is 6.04 Å². The number of rotatable bonds is 11. The molecule has 2 atom stereocenters. The van der Waals surface area contributed by atoms with Gasteiger partial charge in [-0.05, 0) is 49.9 Å². The van der Waals surface area contributed by atoms with Gasteiger partial charge in [0.05, 0.1) is 5.92 Å². The van der Waals surface area contributed by atoms with E-state index in [1.165, 1.54) is 5.56 Å². The highest BCUT2D eigenvalue weighted by molar-refractivity contribution is 5.77. The van der Waals surface area contributed by atoms with Crippen LogP contribution in [0.15, 0.2) is 24.3 Å². The molecule has 0 bridgehead atoms. The van der Waals surface area contributed by atoms with Gasteiger partial charge in [-0.1, -0.05) is 65.3 Å². The predicted molar refractivity (Wildman–Crippen MR) is 106 cm³/mol. The fourth-order valence-corrected chi connectivity index (χ4v) is 3.30. The van der Waals surface area contributed by atoms with Crippen molar-refractivity contribution in [2.24, 2.45) is 5.92 Å². The van der Waals surface area contributed by atoms with Crippen LogP contribution >= 0.6 is 0 Å². The van der Waals surface area contributed by atoms with E-state index < -0.39 is 0 Å². The van der Waals surface area contributed by atoms with E-state index in [0.717, 1.165) is 37.9 Å². The van der Waals surface area contributed by atoms with E-state index in [1.54, 1.807) is 0 Å². The largest absolute Gasteiger partial charge is 0.464 e. The number of likely N-dealkylation sites (N-methyl/N-ethyl adjacent to an activating group) is 1. The zero-order valence-electron chi connectivity index (χ0n) is 17.0. The Hall–Kier alpha value is -1.35. The summed E-state index contributed by atoms with van der Waals surface area (Å²) in [6, 6.07) is 8.73. The van der Waals surface area contributed by atoms with Gasteiger partial charge in [-0.25, -0.2) is 0 Å². The molecule has 3 heteroatoms. The maximum absolute atomic E-state index is 12.5. The number of hydrogen-bond acceptors (Lipinski definition) is 3. The van der Waals surface area contributed by atoms with Crippen molar-refractivity contribution in [3.8, 4) is 0 Å². The minimum atomic E-state index is -0.216. The fourth-order valence-electron chi connectivity index (χ4n) is 3.30. The predicted octanol–water partition coefficient (Wildman–Crippen LogP) is 5.04. The van der Waals surface area contributed by atoms with Crippen molar-refractivity contribution in [3.05, 3.63) is 35.4 Å². The number of nitrogens with zero attached hydrogens (tertiary/aromatic N) is 1. The fraction of sp³-hybridized carbons (Fsp3) is 0.682. The summed E-state index contributed by atoms with van der Waals surface area (Å²) in [4.78, 5) is 14.9. The summed E-state index contributed by atoms with van der Waals surface area (Å²) in [5.41, 5.74) is 2.36. The Bertz CT molecular complexity index is 491. The standard InChI is InChI=1S/C22H37NO2/c1-7-10-21(23(8-2)9-3)16-25-22(24)18(6)20-13-11-19(12-14-20)15-17(4)5/h11-14,17-18,21H,7-10,15-16H2,1-6H3. The molecule has 0 aliphatic carbocycles. The van der Waals surface area contributed by atoms with Gasteiger partial charge in [-0.15, -0.1) is 0 Å². The van der Waals surface area contributed by atoms with Crippen molar-refractivity contribution in [1.29, 1.82) is 0 Å². The van der Waals surface area contributed by atoms with Crippen LogP contribution in [-0.4, -0.2) is 36.6 Å². The van der Waals surface area contributed by atoms with Gasteiger partial charge >= 0.3 is 5.97 Å². The first-order chi connectivity index (χ1) is 11.9. The second kappa shape index (κ2) is 11.3. The number of benzene rings is 1. The molecule has 0 radical (unpaired) electrons. The molecule has 0 saturated heterocycles. The van der Waals surface area contributed by atoms with E-state index in [0.29, 0.717) is 18.6 Å². The second-order valence-corrected chi connectivity index (χ2v) is 7.35. The third-order valence-corrected chi connectivity index (χ3v) is 4.85. The summed E-state index contributed by atoms with van der Waals surface area (Å²) < 4.78 is 5.67. The number of ether oxygens (including phenoxy) is 1. The first kappa shape index (κ1) is 21.7. The van der Waals surface area contributed by atoms with Crippen molar-refractivity contribution in [2.75, 3.05) is 19.7 Å². The van der Waals surface area contributed by atoms with Crippen LogP contribution in [0.5, 0.6) is 0 Å². The van der Waals surface area contributed by atoms with Crippen molar-refractivity contribution in [3.63, 3.8) is 0 Å². The van der Waals surface area contributed by atoms with E-state index in [1.807, 2.05) is 6.92 Å². The molecule has 3 nitrogen and oxygen atoms in total. The highest BCUT2D eigenvalue weighted by Gasteiger charge is 2.21. The molecule has 25 heavy (non-hydrogen) atoms. The van der Waals surface area contributed by atoms with Gasteiger partial charge in [0.1, 0.15) is 6.61 Å². The third kappa shape index (κ3) is 7.19. The molecule has 1 aromatic rings. The summed E-state index contributed by atoms with van der Waals surface area (Å²) in [5, 5.41) is 0. The minimum Gasteiger partial charge on any atom is -0.464 e. The summed E-state index contributed by atoms with van der Waals surface area (Å²) in [7, 11) is 0. The first-order valence-corrected chi connectivity index (χ1v) is 9.92. The van der Waals surface area contributed by atoms with Gasteiger partial charge in [0.25, 0.3) is 0 Å². The average molecular weight is 348 g/mol. The van der Waals surface area contributed by atoms with E-state index in [4.69, 9.17) is 4.74 Å². The van der Waals surface area contributed by atoms with Crippen LogP contribution in [-0.2, 0) is 16.0 Å². The molecule has 0 saturated carbocycles. The molecule has 1 aromatic carbocycles. The number of carbonyl (C=O) groups is 1. The molecule has 0 N–H and O–H groups in total. The van der Waals surface area contributed by atoms with Gasteiger partial charge < -0.3 is 4.74 Å². The van der Waals surface area contributed by atoms with Crippen molar-refractivity contribution >= 4 is 5.97 Å². The van der Waals surface area contributed by atoms with Crippen LogP contribution in [0, 0.1) is 5.92 Å². The highest BCUT2D eigenvalue weighted by Crippen LogP contribution is 2.19. The molecular formula is C22H37NO2. The molecule has 0 aromatic heterocycles. The maximum atomic E-state index is 12.5. The smallest absolute Gasteiger partial charge is 0.313 e. The zero-order chi connectivity index (χ0) is 18.8. The zero-order valence-corrected chi connectivity index (χ0v) is 17.0. The lowest BCUT2D eigenvalue weighted by molar-refractivity contribution is -0.147. The Balaban J connectivity index is 2.63. The first-order valence-electron chi connectivity index (χ1n) is 9.92. The Morgan fingerprint density at radius 2 is 1.64 bits per heavy atom. The normalized spacial score (nSPS) is 13.9. The average Bonchev–Trinajstić information content (AvgIpc) is 2.59. The number of esters is 1. The van der Waals surface area contributed by atoms with Crippen LogP contribution < -0.4 is 0 Å². The minimum absolute atomic E-state index is 0.120. The highest BCUT2D eigenvalue weighted by atomic mass is 16.5. The Labute approximate surface area is 154 Å². The van der Waals surface area contributed by atoms with Crippen LogP contribution in [0.25, 0.3) is 0 Å². The lowest BCUT2D eigenvalue weighted by Crippen LogP contribution is -2.39. The lowest BCUT2D eigenvalue weighted by Gasteiger charge is -2.29. The van der Waals surface area contributed by atoms with E-state index in [9.17, 15) is 4.79 Å². The van der Waals surface area contributed by atoms with E-state index in [2.05, 4.69) is 63.8 Å². The second-order valence-electron chi connectivity index (χ2n) is 7.35. The van der Waals surface area contributed by atoms with E-state index in [-0.39, 0.29) is 11.9 Å². The molecule has 0 amide bonds. The molecule has 0 aliphatic rings. The third-order valence-electron chi connectivity index (χ3n) is 4.85. The molecule has 1 rings (SSSR count). The topological polar surface area (TPSA) is 29.5 Å². The summed E-state index contributed by atoms with van der Waals surface area (Å²) >= 11 is 0. The Morgan fingerprint density at radius 3 is 2.12 bits per heavy atom. The van der Waals surface area contributed by atoms with Crippen LogP contribution in [0.3, 0.4) is 0 Å². The van der Waals surface area contributed by atoms with Crippen LogP contribution in [0.4, 0.5) is 0 Å². The summed E-state index contributed by atoms with van der Waals surface area (Å²) in [6.07, 6.45) is 3.24. The molecule has 0 aliphatic heterocycles. The number of carbonyl (C=O) groups excluding carboxylic acids is 1. The molecule has 142 valence electrons. The van der Waals surface area contributed by atoms with Gasteiger partial charge in [0.2, 0.25) is 0 Å². The molecular weight excluding hydrogens is 310 g/mol. The quantitative estimate of drug-likeness (QED) is 0.525. The summed E-state index contributed by atoms with van der Waals surface area (Å²) in [6.45, 7) is 15.4. The van der Waals surface area contributed by atoms with Crippen LogP contribution in [0.2, 0.25) is 0 Å². The maximum Gasteiger partial charge on any atom is 0.313 e. The van der Waals surface area contributed by atoms with Crippen molar-refractivity contribution in [1.82, 2.24) is 4.90 Å².